The van der Waals surface area contributed by atoms with Crippen LogP contribution in [0.4, 0.5) is 5.69 Å². The van der Waals surface area contributed by atoms with E-state index in [0.29, 0.717) is 23.6 Å². The van der Waals surface area contributed by atoms with Crippen molar-refractivity contribution in [2.75, 3.05) is 18.9 Å². The first kappa shape index (κ1) is 25.0. The Hall–Kier alpha value is -2.68. The second kappa shape index (κ2) is 9.67. The fourth-order valence-electron chi connectivity index (χ4n) is 3.82. The van der Waals surface area contributed by atoms with Crippen molar-refractivity contribution >= 4 is 27.5 Å². The highest BCUT2D eigenvalue weighted by molar-refractivity contribution is 7.90. The SMILES string of the molecule is CC(C)c1cc(C(=O)Nc2cccc(S(=O)(=O)/N=C3/CCCCCN3C)c2)nn1C(C)(C)C. The molecule has 0 radical (unpaired) electrons. The largest absolute Gasteiger partial charge is 0.362 e. The van der Waals surface area contributed by atoms with Gasteiger partial charge in [-0.2, -0.15) is 13.5 Å². The van der Waals surface area contributed by atoms with Crippen LogP contribution in [0.1, 0.15) is 82.4 Å². The molecule has 0 aliphatic carbocycles. The first-order valence-electron chi connectivity index (χ1n) is 11.5. The zero-order valence-electron chi connectivity index (χ0n) is 20.4. The number of aromatic nitrogens is 2. The fraction of sp³-hybridized carbons (Fsp3) is 0.542. The third kappa shape index (κ3) is 6.01. The van der Waals surface area contributed by atoms with Crippen molar-refractivity contribution < 1.29 is 13.2 Å². The van der Waals surface area contributed by atoms with Gasteiger partial charge in [0.25, 0.3) is 15.9 Å². The molecule has 3 rings (SSSR count). The van der Waals surface area contributed by atoms with Gasteiger partial charge in [0.2, 0.25) is 0 Å². The normalized spacial score (nSPS) is 16.8. The molecule has 1 fully saturated rings. The number of benzene rings is 1. The highest BCUT2D eigenvalue weighted by Crippen LogP contribution is 2.25. The molecule has 0 bridgehead atoms. The van der Waals surface area contributed by atoms with E-state index in [1.54, 1.807) is 18.2 Å². The summed E-state index contributed by atoms with van der Waals surface area (Å²) in [7, 11) is -2.02. The Kier molecular flexibility index (Phi) is 7.31. The van der Waals surface area contributed by atoms with Crippen molar-refractivity contribution in [1.29, 1.82) is 0 Å². The Labute approximate surface area is 197 Å². The van der Waals surface area contributed by atoms with Crippen LogP contribution in [0.15, 0.2) is 39.6 Å². The lowest BCUT2D eigenvalue weighted by molar-refractivity contribution is 0.102. The molecule has 0 spiro atoms. The van der Waals surface area contributed by atoms with Gasteiger partial charge in [0, 0.05) is 31.4 Å². The van der Waals surface area contributed by atoms with Gasteiger partial charge >= 0.3 is 0 Å². The van der Waals surface area contributed by atoms with Gasteiger partial charge in [-0.25, -0.2) is 0 Å². The number of hydrogen-bond donors (Lipinski definition) is 1. The molecule has 1 saturated heterocycles. The summed E-state index contributed by atoms with van der Waals surface area (Å²) >= 11 is 0. The number of hydrogen-bond acceptors (Lipinski definition) is 4. The number of sulfonamides is 1. The Morgan fingerprint density at radius 3 is 2.52 bits per heavy atom. The highest BCUT2D eigenvalue weighted by atomic mass is 32.2. The third-order valence-corrected chi connectivity index (χ3v) is 6.95. The van der Waals surface area contributed by atoms with Gasteiger partial charge in [-0.05, 0) is 63.8 Å². The zero-order chi connectivity index (χ0) is 24.4. The van der Waals surface area contributed by atoms with E-state index < -0.39 is 10.0 Å². The predicted molar refractivity (Wildman–Crippen MR) is 131 cm³/mol. The summed E-state index contributed by atoms with van der Waals surface area (Å²) in [5.41, 5.74) is 1.37. The summed E-state index contributed by atoms with van der Waals surface area (Å²) in [6, 6.07) is 7.99. The van der Waals surface area contributed by atoms with E-state index >= 15 is 0 Å². The number of rotatable bonds is 5. The maximum absolute atomic E-state index is 13.0. The van der Waals surface area contributed by atoms with Gasteiger partial charge in [0.1, 0.15) is 5.84 Å². The van der Waals surface area contributed by atoms with Crippen LogP contribution in [0, 0.1) is 0 Å². The van der Waals surface area contributed by atoms with Gasteiger partial charge in [0.15, 0.2) is 5.69 Å². The number of amidine groups is 1. The molecule has 2 heterocycles. The molecule has 1 amide bonds. The van der Waals surface area contributed by atoms with Gasteiger partial charge in [-0.15, -0.1) is 4.40 Å². The summed E-state index contributed by atoms with van der Waals surface area (Å²) in [4.78, 5) is 14.9. The minimum Gasteiger partial charge on any atom is -0.362 e. The predicted octanol–water partition coefficient (Wildman–Crippen LogP) is 4.61. The molecule has 2 aromatic rings. The van der Waals surface area contributed by atoms with Crippen molar-refractivity contribution in [3.63, 3.8) is 0 Å². The molecule has 0 unspecified atom stereocenters. The van der Waals surface area contributed by atoms with Crippen molar-refractivity contribution in [3.8, 4) is 0 Å². The molecule has 1 aromatic carbocycles. The molecule has 9 heteroatoms. The number of nitrogens with zero attached hydrogens (tertiary/aromatic N) is 4. The van der Waals surface area contributed by atoms with E-state index in [0.717, 1.165) is 31.5 Å². The summed E-state index contributed by atoms with van der Waals surface area (Å²) in [5.74, 6) is 0.396. The van der Waals surface area contributed by atoms with Crippen molar-refractivity contribution in [2.45, 2.75) is 76.7 Å². The van der Waals surface area contributed by atoms with Crippen molar-refractivity contribution in [2.24, 2.45) is 4.40 Å². The van der Waals surface area contributed by atoms with Crippen LogP contribution < -0.4 is 5.32 Å². The first-order valence-corrected chi connectivity index (χ1v) is 12.9. The lowest BCUT2D eigenvalue weighted by atomic mass is 10.1. The van der Waals surface area contributed by atoms with Crippen molar-refractivity contribution in [3.05, 3.63) is 41.7 Å². The quantitative estimate of drug-likeness (QED) is 0.684. The van der Waals surface area contributed by atoms with Gasteiger partial charge < -0.3 is 10.2 Å². The number of carbonyl (C=O) groups excluding carboxylic acids is 1. The number of carbonyl (C=O) groups is 1. The minimum absolute atomic E-state index is 0.0496. The molecule has 180 valence electrons. The number of nitrogens with one attached hydrogen (secondary N) is 1. The van der Waals surface area contributed by atoms with Gasteiger partial charge in [0.05, 0.1) is 10.4 Å². The summed E-state index contributed by atoms with van der Waals surface area (Å²) < 4.78 is 31.9. The molecule has 1 aliphatic heterocycles. The number of amides is 1. The van der Waals surface area contributed by atoms with Crippen LogP contribution in [-0.2, 0) is 15.6 Å². The monoisotopic (exact) mass is 473 g/mol. The number of likely N-dealkylation sites (tertiary alicyclic amines) is 1. The minimum atomic E-state index is -3.89. The Morgan fingerprint density at radius 1 is 1.15 bits per heavy atom. The van der Waals surface area contributed by atoms with E-state index in [4.69, 9.17) is 0 Å². The molecule has 1 aromatic heterocycles. The molecule has 33 heavy (non-hydrogen) atoms. The van der Waals surface area contributed by atoms with Crippen LogP contribution in [0.2, 0.25) is 0 Å². The van der Waals surface area contributed by atoms with Gasteiger partial charge in [-0.1, -0.05) is 26.3 Å². The average molecular weight is 474 g/mol. The molecular formula is C24H35N5O3S. The molecular weight excluding hydrogens is 438 g/mol. The van der Waals surface area contributed by atoms with E-state index in [-0.39, 0.29) is 22.3 Å². The maximum atomic E-state index is 13.0. The second-order valence-electron chi connectivity index (χ2n) is 9.89. The Bertz CT molecular complexity index is 1140. The summed E-state index contributed by atoms with van der Waals surface area (Å²) in [5, 5.41) is 7.31. The summed E-state index contributed by atoms with van der Waals surface area (Å²) in [6.07, 6.45) is 3.66. The van der Waals surface area contributed by atoms with E-state index in [1.807, 2.05) is 37.4 Å². The smallest absolute Gasteiger partial charge is 0.284 e. The topological polar surface area (TPSA) is 96.7 Å². The highest BCUT2D eigenvalue weighted by Gasteiger charge is 2.24. The van der Waals surface area contributed by atoms with Crippen LogP contribution in [0.5, 0.6) is 0 Å². The van der Waals surface area contributed by atoms with Crippen LogP contribution in [-0.4, -0.2) is 48.4 Å². The fourth-order valence-corrected chi connectivity index (χ4v) is 4.96. The maximum Gasteiger partial charge on any atom is 0.284 e. The molecule has 0 atom stereocenters. The summed E-state index contributed by atoms with van der Waals surface area (Å²) in [6.45, 7) is 11.0. The molecule has 8 nitrogen and oxygen atoms in total. The second-order valence-corrected chi connectivity index (χ2v) is 11.5. The van der Waals surface area contributed by atoms with Gasteiger partial charge in [-0.3, -0.25) is 9.48 Å². The lowest BCUT2D eigenvalue weighted by Gasteiger charge is -2.23. The lowest BCUT2D eigenvalue weighted by Crippen LogP contribution is -2.27. The van der Waals surface area contributed by atoms with E-state index in [9.17, 15) is 13.2 Å². The van der Waals surface area contributed by atoms with E-state index in [2.05, 4.69) is 28.7 Å². The number of anilines is 1. The van der Waals surface area contributed by atoms with Crippen LogP contribution >= 0.6 is 0 Å². The Balaban J connectivity index is 1.85. The van der Waals surface area contributed by atoms with Crippen molar-refractivity contribution in [1.82, 2.24) is 14.7 Å². The zero-order valence-corrected chi connectivity index (χ0v) is 21.2. The third-order valence-electron chi connectivity index (χ3n) is 5.65. The molecule has 1 aliphatic rings. The van der Waals surface area contributed by atoms with Crippen LogP contribution in [0.3, 0.4) is 0 Å². The van der Waals surface area contributed by atoms with Crippen LogP contribution in [0.25, 0.3) is 0 Å². The van der Waals surface area contributed by atoms with E-state index in [1.165, 1.54) is 12.1 Å². The Morgan fingerprint density at radius 2 is 1.88 bits per heavy atom. The average Bonchev–Trinajstić information content (AvgIpc) is 3.10. The standard InChI is InChI=1S/C24H35N5O3S/c1-17(2)21-16-20(26-29(21)24(3,4)5)23(30)25-18-11-10-12-19(15-18)33(31,32)27-22-13-8-7-9-14-28(22)6/h10-12,15-17H,7-9,13-14H2,1-6H3,(H,25,30)/b27-22-. The molecule has 0 saturated carbocycles. The first-order chi connectivity index (χ1) is 15.4. The molecule has 1 N–H and O–H groups in total.